The lowest BCUT2D eigenvalue weighted by molar-refractivity contribution is -0.121. The van der Waals surface area contributed by atoms with Crippen molar-refractivity contribution in [3.8, 4) is 0 Å². The normalized spacial score (nSPS) is 18.6. The van der Waals surface area contributed by atoms with Gasteiger partial charge in [-0.15, -0.1) is 0 Å². The minimum Gasteiger partial charge on any atom is -0.386 e. The zero-order valence-corrected chi connectivity index (χ0v) is 12.1. The highest BCUT2D eigenvalue weighted by molar-refractivity contribution is 6.27. The van der Waals surface area contributed by atoms with Crippen molar-refractivity contribution >= 4 is 29.0 Å². The molecule has 1 heterocycles. The average Bonchev–Trinajstić information content (AvgIpc) is 2.84. The number of halogens is 1. The number of amidine groups is 1. The highest BCUT2D eigenvalue weighted by Gasteiger charge is 2.41. The number of amides is 2. The van der Waals surface area contributed by atoms with Crippen LogP contribution in [-0.4, -0.2) is 17.6 Å². The summed E-state index contributed by atoms with van der Waals surface area (Å²) >= 11 is 0. The minimum atomic E-state index is -0.798. The quantitative estimate of drug-likeness (QED) is 0.537. The molecule has 1 saturated heterocycles. The molecule has 6 heteroatoms. The number of anilines is 1. The molecule has 1 aliphatic rings. The number of nitrogens with two attached hydrogens (primary N) is 1. The summed E-state index contributed by atoms with van der Waals surface area (Å²) in [6.45, 7) is 0. The third-order valence-electron chi connectivity index (χ3n) is 3.60. The van der Waals surface area contributed by atoms with E-state index in [-0.39, 0.29) is 18.2 Å². The standard InChI is InChI=1S/C17H14FN3O2/c18-11-6-8-13(9-7-11)21-15(22)10-14(17(21)23)16(19)20-12-4-2-1-3-5-12/h1-9,14H,10H2,(H2,19,20). The van der Waals surface area contributed by atoms with Crippen LogP contribution in [0.2, 0.25) is 0 Å². The molecule has 5 nitrogen and oxygen atoms in total. The molecule has 3 rings (SSSR count). The topological polar surface area (TPSA) is 75.8 Å². The second kappa shape index (κ2) is 6.00. The molecule has 116 valence electrons. The monoisotopic (exact) mass is 311 g/mol. The van der Waals surface area contributed by atoms with Crippen molar-refractivity contribution in [1.82, 2.24) is 0 Å². The number of benzene rings is 2. The maximum atomic E-state index is 13.0. The molecular weight excluding hydrogens is 297 g/mol. The lowest BCUT2D eigenvalue weighted by Crippen LogP contribution is -2.34. The van der Waals surface area contributed by atoms with Gasteiger partial charge in [0, 0.05) is 6.42 Å². The first-order valence-electron chi connectivity index (χ1n) is 7.08. The van der Waals surface area contributed by atoms with Gasteiger partial charge in [-0.25, -0.2) is 14.3 Å². The Morgan fingerprint density at radius 2 is 1.74 bits per heavy atom. The van der Waals surface area contributed by atoms with Gasteiger partial charge in [-0.05, 0) is 36.4 Å². The Bertz CT molecular complexity index is 772. The number of para-hydroxylation sites is 1. The molecule has 0 spiro atoms. The molecule has 1 aliphatic heterocycles. The Morgan fingerprint density at radius 3 is 2.39 bits per heavy atom. The first-order valence-corrected chi connectivity index (χ1v) is 7.08. The van der Waals surface area contributed by atoms with Crippen LogP contribution >= 0.6 is 0 Å². The van der Waals surface area contributed by atoms with Crippen molar-refractivity contribution in [2.24, 2.45) is 16.6 Å². The van der Waals surface area contributed by atoms with Crippen molar-refractivity contribution in [3.05, 3.63) is 60.4 Å². The molecule has 0 bridgehead atoms. The summed E-state index contributed by atoms with van der Waals surface area (Å²) in [5.41, 5.74) is 6.86. The van der Waals surface area contributed by atoms with Gasteiger partial charge in [-0.2, -0.15) is 0 Å². The first kappa shape index (κ1) is 14.9. The molecule has 1 unspecified atom stereocenters. The number of carbonyl (C=O) groups excluding carboxylic acids is 2. The lowest BCUT2D eigenvalue weighted by atomic mass is 10.1. The summed E-state index contributed by atoms with van der Waals surface area (Å²) < 4.78 is 13.0. The van der Waals surface area contributed by atoms with Crippen molar-refractivity contribution in [2.75, 3.05) is 4.90 Å². The van der Waals surface area contributed by atoms with E-state index in [1.165, 1.54) is 24.3 Å². The van der Waals surface area contributed by atoms with Crippen LogP contribution in [0, 0.1) is 11.7 Å². The Kier molecular flexibility index (Phi) is 3.89. The molecule has 23 heavy (non-hydrogen) atoms. The van der Waals surface area contributed by atoms with Crippen LogP contribution in [0.1, 0.15) is 6.42 Å². The highest BCUT2D eigenvalue weighted by Crippen LogP contribution is 2.27. The summed E-state index contributed by atoms with van der Waals surface area (Å²) in [6.07, 6.45) is -0.0433. The number of rotatable bonds is 3. The zero-order chi connectivity index (χ0) is 16.4. The Balaban J connectivity index is 1.86. The van der Waals surface area contributed by atoms with Gasteiger partial charge < -0.3 is 5.73 Å². The molecule has 1 atom stereocenters. The summed E-state index contributed by atoms with van der Waals surface area (Å²) in [5, 5.41) is 0. The molecular formula is C17H14FN3O2. The van der Waals surface area contributed by atoms with Crippen molar-refractivity contribution in [2.45, 2.75) is 6.42 Å². The third kappa shape index (κ3) is 2.96. The van der Waals surface area contributed by atoms with Crippen LogP contribution in [0.25, 0.3) is 0 Å². The molecule has 0 aliphatic carbocycles. The number of carbonyl (C=O) groups is 2. The van der Waals surface area contributed by atoms with Gasteiger partial charge in [0.15, 0.2) is 0 Å². The molecule has 0 saturated carbocycles. The number of aliphatic imine (C=N–C) groups is 1. The fourth-order valence-electron chi connectivity index (χ4n) is 2.45. The van der Waals surface area contributed by atoms with E-state index in [0.29, 0.717) is 11.4 Å². The van der Waals surface area contributed by atoms with E-state index in [9.17, 15) is 14.0 Å². The molecule has 0 radical (unpaired) electrons. The molecule has 1 fully saturated rings. The number of nitrogens with zero attached hydrogens (tertiary/aromatic N) is 2. The number of hydrogen-bond donors (Lipinski definition) is 1. The zero-order valence-electron chi connectivity index (χ0n) is 12.1. The second-order valence-electron chi connectivity index (χ2n) is 5.17. The summed E-state index contributed by atoms with van der Waals surface area (Å²) in [6, 6.07) is 14.1. The van der Waals surface area contributed by atoms with Crippen LogP contribution in [0.3, 0.4) is 0 Å². The van der Waals surface area contributed by atoms with Gasteiger partial charge in [0.05, 0.1) is 11.4 Å². The Morgan fingerprint density at radius 1 is 1.09 bits per heavy atom. The Labute approximate surface area is 132 Å². The van der Waals surface area contributed by atoms with E-state index in [4.69, 9.17) is 5.73 Å². The van der Waals surface area contributed by atoms with E-state index in [0.717, 1.165) is 4.90 Å². The van der Waals surface area contributed by atoms with Gasteiger partial charge in [-0.3, -0.25) is 9.59 Å². The Hall–Kier alpha value is -3.02. The predicted octanol–water partition coefficient (Wildman–Crippen LogP) is 2.39. The van der Waals surface area contributed by atoms with Crippen molar-refractivity contribution in [3.63, 3.8) is 0 Å². The molecule has 2 N–H and O–H groups in total. The van der Waals surface area contributed by atoms with Gasteiger partial charge in [-0.1, -0.05) is 18.2 Å². The maximum Gasteiger partial charge on any atom is 0.244 e. The van der Waals surface area contributed by atoms with Crippen LogP contribution in [0.5, 0.6) is 0 Å². The van der Waals surface area contributed by atoms with Gasteiger partial charge in [0.25, 0.3) is 0 Å². The van der Waals surface area contributed by atoms with Crippen LogP contribution < -0.4 is 10.6 Å². The first-order chi connectivity index (χ1) is 11.1. The average molecular weight is 311 g/mol. The van der Waals surface area contributed by atoms with E-state index >= 15 is 0 Å². The summed E-state index contributed by atoms with van der Waals surface area (Å²) in [4.78, 5) is 29.8. The van der Waals surface area contributed by atoms with Crippen LogP contribution in [0.4, 0.5) is 15.8 Å². The summed E-state index contributed by atoms with van der Waals surface area (Å²) in [5.74, 6) is -1.96. The molecule has 2 aromatic carbocycles. The van der Waals surface area contributed by atoms with Crippen LogP contribution in [-0.2, 0) is 9.59 Å². The van der Waals surface area contributed by atoms with Gasteiger partial charge >= 0.3 is 0 Å². The van der Waals surface area contributed by atoms with Gasteiger partial charge in [0.1, 0.15) is 17.6 Å². The molecule has 2 aromatic rings. The van der Waals surface area contributed by atoms with E-state index in [2.05, 4.69) is 4.99 Å². The second-order valence-corrected chi connectivity index (χ2v) is 5.17. The largest absolute Gasteiger partial charge is 0.386 e. The van der Waals surface area contributed by atoms with Crippen LogP contribution in [0.15, 0.2) is 59.6 Å². The molecule has 0 aromatic heterocycles. The van der Waals surface area contributed by atoms with E-state index in [1.807, 2.05) is 6.07 Å². The SMILES string of the molecule is NC(=Nc1ccccc1)C1CC(=O)N(c2ccc(F)cc2)C1=O. The number of imide groups is 1. The van der Waals surface area contributed by atoms with E-state index < -0.39 is 17.6 Å². The van der Waals surface area contributed by atoms with Crippen molar-refractivity contribution < 1.29 is 14.0 Å². The van der Waals surface area contributed by atoms with Crippen molar-refractivity contribution in [1.29, 1.82) is 0 Å². The minimum absolute atomic E-state index is 0.0433. The highest BCUT2D eigenvalue weighted by atomic mass is 19.1. The number of hydrogen-bond acceptors (Lipinski definition) is 3. The van der Waals surface area contributed by atoms with Gasteiger partial charge in [0.2, 0.25) is 11.8 Å². The summed E-state index contributed by atoms with van der Waals surface area (Å²) in [7, 11) is 0. The lowest BCUT2D eigenvalue weighted by Gasteiger charge is -2.14. The maximum absolute atomic E-state index is 13.0. The van der Waals surface area contributed by atoms with E-state index in [1.54, 1.807) is 24.3 Å². The predicted molar refractivity (Wildman–Crippen MR) is 84.7 cm³/mol. The smallest absolute Gasteiger partial charge is 0.244 e. The molecule has 2 amide bonds. The third-order valence-corrected chi connectivity index (χ3v) is 3.60. The fourth-order valence-corrected chi connectivity index (χ4v) is 2.45. The fraction of sp³-hybridized carbons (Fsp3) is 0.118.